The highest BCUT2D eigenvalue weighted by molar-refractivity contribution is 6.07. The lowest BCUT2D eigenvalue weighted by atomic mass is 10.1. The number of nitrogens with one attached hydrogen (secondary N) is 3. The molecule has 0 aliphatic rings. The summed E-state index contributed by atoms with van der Waals surface area (Å²) in [6.07, 6.45) is 0. The number of fused-ring (bicyclic) bond motifs is 2. The average Bonchev–Trinajstić information content (AvgIpc) is 3.33. The number of rotatable bonds is 6. The highest BCUT2D eigenvalue weighted by atomic mass is 16.2. The van der Waals surface area contributed by atoms with Crippen molar-refractivity contribution < 1.29 is 9.59 Å². The number of para-hydroxylation sites is 2. The highest BCUT2D eigenvalue weighted by Gasteiger charge is 2.17. The van der Waals surface area contributed by atoms with Gasteiger partial charge in [-0.2, -0.15) is 0 Å². The number of hydrogen-bond donors (Lipinski definition) is 3. The zero-order valence-electron chi connectivity index (χ0n) is 18.2. The second-order valence-electron chi connectivity index (χ2n) is 8.11. The van der Waals surface area contributed by atoms with E-state index < -0.39 is 0 Å². The molecule has 0 radical (unpaired) electrons. The van der Waals surface area contributed by atoms with Crippen LogP contribution in [0.15, 0.2) is 48.5 Å². The van der Waals surface area contributed by atoms with E-state index in [0.29, 0.717) is 29.7 Å². The van der Waals surface area contributed by atoms with Gasteiger partial charge in [0.05, 0.1) is 11.0 Å². The minimum absolute atomic E-state index is 0.0677. The number of carbonyl (C=O) groups excluding carboxylic acids is 2. The van der Waals surface area contributed by atoms with Crippen LogP contribution in [0.1, 0.15) is 48.5 Å². The van der Waals surface area contributed by atoms with Crippen LogP contribution in [-0.2, 0) is 6.54 Å². The van der Waals surface area contributed by atoms with Crippen LogP contribution in [0.5, 0.6) is 0 Å². The van der Waals surface area contributed by atoms with Crippen molar-refractivity contribution in [3.63, 3.8) is 0 Å². The normalized spacial score (nSPS) is 12.4. The van der Waals surface area contributed by atoms with Crippen molar-refractivity contribution in [1.82, 2.24) is 19.9 Å². The molecule has 160 valence electrons. The maximum Gasteiger partial charge on any atom is 0.267 e. The number of hydrogen-bond acceptors (Lipinski definition) is 3. The Labute approximate surface area is 180 Å². The van der Waals surface area contributed by atoms with Crippen LogP contribution in [0, 0.1) is 5.92 Å². The number of aromatic nitrogens is 3. The predicted molar refractivity (Wildman–Crippen MR) is 123 cm³/mol. The molecule has 0 fully saturated rings. The van der Waals surface area contributed by atoms with Gasteiger partial charge in [-0.25, -0.2) is 4.98 Å². The number of aromatic amines is 1. The van der Waals surface area contributed by atoms with Crippen molar-refractivity contribution in [3.8, 4) is 0 Å². The Kier molecular flexibility index (Phi) is 5.50. The number of amides is 2. The van der Waals surface area contributed by atoms with Gasteiger partial charge in [0, 0.05) is 29.1 Å². The van der Waals surface area contributed by atoms with Gasteiger partial charge < -0.3 is 14.9 Å². The lowest BCUT2D eigenvalue weighted by molar-refractivity contribution is 0.0925. The van der Waals surface area contributed by atoms with Crippen LogP contribution in [0.25, 0.3) is 21.9 Å². The summed E-state index contributed by atoms with van der Waals surface area (Å²) < 4.78 is 1.97. The Hall–Kier alpha value is -3.61. The maximum atomic E-state index is 12.9. The maximum absolute atomic E-state index is 12.9. The molecule has 4 rings (SSSR count). The number of imidazole rings is 1. The van der Waals surface area contributed by atoms with Crippen molar-refractivity contribution in [2.24, 2.45) is 5.92 Å². The number of aryl methyl sites for hydroxylation is 1. The molecule has 0 saturated heterocycles. The van der Waals surface area contributed by atoms with E-state index in [1.54, 1.807) is 18.2 Å². The molecule has 0 aliphatic carbocycles. The fourth-order valence-electron chi connectivity index (χ4n) is 3.51. The standard InChI is InChI=1S/C24H27N5O2/c1-5-29-21-9-7-6-8-18(21)27-24(29)28-22(30)17-11-10-16-12-20(26-19(16)13-17)23(31)25-15(4)14(2)3/h6-15,26H,5H2,1-4H3,(H,25,31)(H,27,28,30)/t15-/m1/s1. The molecule has 4 aromatic rings. The molecule has 0 saturated carbocycles. The Bertz CT molecular complexity index is 1270. The molecule has 31 heavy (non-hydrogen) atoms. The Morgan fingerprint density at radius 1 is 1.06 bits per heavy atom. The zero-order valence-corrected chi connectivity index (χ0v) is 18.2. The van der Waals surface area contributed by atoms with Gasteiger partial charge in [-0.3, -0.25) is 14.9 Å². The van der Waals surface area contributed by atoms with Gasteiger partial charge in [0.1, 0.15) is 5.69 Å². The summed E-state index contributed by atoms with van der Waals surface area (Å²) in [5.74, 6) is 0.458. The lowest BCUT2D eigenvalue weighted by Gasteiger charge is -2.16. The molecule has 0 bridgehead atoms. The van der Waals surface area contributed by atoms with Gasteiger partial charge in [0.15, 0.2) is 0 Å². The first-order chi connectivity index (χ1) is 14.9. The summed E-state index contributed by atoms with van der Waals surface area (Å²) in [5.41, 5.74) is 3.52. The lowest BCUT2D eigenvalue weighted by Crippen LogP contribution is -2.36. The third-order valence-corrected chi connectivity index (χ3v) is 5.68. The molecule has 2 aromatic carbocycles. The van der Waals surface area contributed by atoms with Crippen molar-refractivity contribution in [3.05, 3.63) is 59.8 Å². The van der Waals surface area contributed by atoms with Crippen LogP contribution >= 0.6 is 0 Å². The molecule has 2 aromatic heterocycles. The molecule has 2 amide bonds. The van der Waals surface area contributed by atoms with Crippen molar-refractivity contribution >= 4 is 39.7 Å². The smallest absolute Gasteiger partial charge is 0.267 e. The summed E-state index contributed by atoms with van der Waals surface area (Å²) >= 11 is 0. The highest BCUT2D eigenvalue weighted by Crippen LogP contribution is 2.22. The average molecular weight is 418 g/mol. The van der Waals surface area contributed by atoms with Gasteiger partial charge in [-0.05, 0) is 50.1 Å². The molecule has 0 aliphatic heterocycles. The van der Waals surface area contributed by atoms with E-state index in [0.717, 1.165) is 21.9 Å². The molecule has 0 unspecified atom stereocenters. The van der Waals surface area contributed by atoms with Gasteiger partial charge in [0.25, 0.3) is 11.8 Å². The summed E-state index contributed by atoms with van der Waals surface area (Å²) in [5, 5.41) is 6.79. The number of carbonyl (C=O) groups is 2. The number of anilines is 1. The summed E-state index contributed by atoms with van der Waals surface area (Å²) in [6, 6.07) is 15.0. The van der Waals surface area contributed by atoms with Crippen LogP contribution in [0.4, 0.5) is 5.95 Å². The van der Waals surface area contributed by atoms with Crippen LogP contribution in [0.2, 0.25) is 0 Å². The van der Waals surface area contributed by atoms with Crippen LogP contribution in [-0.4, -0.2) is 32.4 Å². The largest absolute Gasteiger partial charge is 0.351 e. The van der Waals surface area contributed by atoms with E-state index >= 15 is 0 Å². The van der Waals surface area contributed by atoms with Crippen molar-refractivity contribution in [1.29, 1.82) is 0 Å². The zero-order chi connectivity index (χ0) is 22.1. The van der Waals surface area contributed by atoms with Gasteiger partial charge in [0.2, 0.25) is 5.95 Å². The molecule has 7 nitrogen and oxygen atoms in total. The third kappa shape index (κ3) is 4.03. The SMILES string of the molecule is CCn1c(NC(=O)c2ccc3cc(C(=O)N[C@H](C)C(C)C)[nH]c3c2)nc2ccccc21. The van der Waals surface area contributed by atoms with E-state index in [-0.39, 0.29) is 17.9 Å². The second-order valence-corrected chi connectivity index (χ2v) is 8.11. The fraction of sp³-hybridized carbons (Fsp3) is 0.292. The van der Waals surface area contributed by atoms with E-state index in [4.69, 9.17) is 0 Å². The van der Waals surface area contributed by atoms with Gasteiger partial charge >= 0.3 is 0 Å². The molecule has 1 atom stereocenters. The van der Waals surface area contributed by atoms with E-state index in [1.807, 2.05) is 48.7 Å². The number of nitrogens with zero attached hydrogens (tertiary/aromatic N) is 2. The van der Waals surface area contributed by atoms with Crippen molar-refractivity contribution in [2.45, 2.75) is 40.3 Å². The Morgan fingerprint density at radius 2 is 1.84 bits per heavy atom. The van der Waals surface area contributed by atoms with Gasteiger partial charge in [-0.15, -0.1) is 0 Å². The minimum Gasteiger partial charge on any atom is -0.351 e. The Balaban J connectivity index is 1.57. The van der Waals surface area contributed by atoms with E-state index in [2.05, 4.69) is 34.4 Å². The number of H-pyrrole nitrogens is 1. The van der Waals surface area contributed by atoms with E-state index in [9.17, 15) is 9.59 Å². The van der Waals surface area contributed by atoms with Gasteiger partial charge in [-0.1, -0.05) is 32.0 Å². The first kappa shape index (κ1) is 20.7. The second kappa shape index (κ2) is 8.26. The quantitative estimate of drug-likeness (QED) is 0.429. The Morgan fingerprint density at radius 3 is 2.58 bits per heavy atom. The summed E-state index contributed by atoms with van der Waals surface area (Å²) in [4.78, 5) is 33.1. The van der Waals surface area contributed by atoms with Crippen molar-refractivity contribution in [2.75, 3.05) is 5.32 Å². The minimum atomic E-state index is -0.249. The van der Waals surface area contributed by atoms with Crippen LogP contribution < -0.4 is 10.6 Å². The molecule has 2 heterocycles. The predicted octanol–water partition coefficient (Wildman–Crippen LogP) is 4.56. The van der Waals surface area contributed by atoms with Crippen LogP contribution in [0.3, 0.4) is 0 Å². The molecular weight excluding hydrogens is 390 g/mol. The topological polar surface area (TPSA) is 91.8 Å². The first-order valence-electron chi connectivity index (χ1n) is 10.6. The molecule has 7 heteroatoms. The first-order valence-corrected chi connectivity index (χ1v) is 10.6. The molecular formula is C24H27N5O2. The summed E-state index contributed by atoms with van der Waals surface area (Å²) in [6.45, 7) is 8.82. The fourth-order valence-corrected chi connectivity index (χ4v) is 3.51. The molecule has 0 spiro atoms. The molecule has 3 N–H and O–H groups in total. The summed E-state index contributed by atoms with van der Waals surface area (Å²) in [7, 11) is 0. The van der Waals surface area contributed by atoms with E-state index in [1.165, 1.54) is 0 Å². The third-order valence-electron chi connectivity index (χ3n) is 5.68. The number of benzene rings is 2. The monoisotopic (exact) mass is 417 g/mol.